The Bertz CT molecular complexity index is 573. The largest absolute Gasteiger partial charge is 0.318 e. The maximum absolute atomic E-state index is 13.3. The van der Waals surface area contributed by atoms with Crippen molar-refractivity contribution in [2.24, 2.45) is 5.73 Å². The van der Waals surface area contributed by atoms with Gasteiger partial charge in [-0.2, -0.15) is 0 Å². The van der Waals surface area contributed by atoms with Gasteiger partial charge in [0.2, 0.25) is 0 Å². The van der Waals surface area contributed by atoms with E-state index in [1.807, 2.05) is 25.1 Å². The molecular formula is C16H18FN. The van der Waals surface area contributed by atoms with Gasteiger partial charge < -0.3 is 5.73 Å². The van der Waals surface area contributed by atoms with Gasteiger partial charge in [0.1, 0.15) is 5.82 Å². The summed E-state index contributed by atoms with van der Waals surface area (Å²) in [5, 5.41) is 0. The van der Waals surface area contributed by atoms with E-state index >= 15 is 0 Å². The number of aryl methyl sites for hydroxylation is 1. The lowest BCUT2D eigenvalue weighted by Gasteiger charge is -2.28. The Morgan fingerprint density at radius 1 is 1.06 bits per heavy atom. The van der Waals surface area contributed by atoms with Gasteiger partial charge in [0.25, 0.3) is 0 Å². The van der Waals surface area contributed by atoms with Crippen LogP contribution in [0.1, 0.15) is 29.2 Å². The fourth-order valence-corrected chi connectivity index (χ4v) is 2.28. The molecule has 2 heteroatoms. The summed E-state index contributed by atoms with van der Waals surface area (Å²) >= 11 is 0. The van der Waals surface area contributed by atoms with Gasteiger partial charge in [0, 0.05) is 0 Å². The van der Waals surface area contributed by atoms with Gasteiger partial charge in [-0.1, -0.05) is 30.3 Å². The van der Waals surface area contributed by atoms with E-state index in [1.54, 1.807) is 6.07 Å². The molecule has 0 radical (unpaired) electrons. The molecule has 2 rings (SSSR count). The number of benzene rings is 2. The van der Waals surface area contributed by atoms with Crippen LogP contribution in [0.15, 0.2) is 42.5 Å². The summed E-state index contributed by atoms with van der Waals surface area (Å²) in [6.07, 6.45) is 0. The van der Waals surface area contributed by atoms with Crippen molar-refractivity contribution in [3.05, 3.63) is 70.5 Å². The van der Waals surface area contributed by atoms with Crippen LogP contribution < -0.4 is 5.73 Å². The van der Waals surface area contributed by atoms with Crippen LogP contribution in [0.25, 0.3) is 0 Å². The summed E-state index contributed by atoms with van der Waals surface area (Å²) in [5.74, 6) is -0.255. The molecule has 2 aromatic rings. The molecule has 2 N–H and O–H groups in total. The predicted molar refractivity (Wildman–Crippen MR) is 73.0 cm³/mol. The van der Waals surface area contributed by atoms with Crippen LogP contribution >= 0.6 is 0 Å². The van der Waals surface area contributed by atoms with Crippen LogP contribution in [0.4, 0.5) is 4.39 Å². The zero-order valence-corrected chi connectivity index (χ0v) is 11.0. The van der Waals surface area contributed by atoms with E-state index < -0.39 is 5.54 Å². The first kappa shape index (κ1) is 12.8. The van der Waals surface area contributed by atoms with E-state index in [4.69, 9.17) is 5.73 Å². The molecule has 1 atom stereocenters. The van der Waals surface area contributed by atoms with Crippen molar-refractivity contribution in [2.45, 2.75) is 26.3 Å². The monoisotopic (exact) mass is 243 g/mol. The van der Waals surface area contributed by atoms with Crippen LogP contribution in [0.3, 0.4) is 0 Å². The molecule has 0 amide bonds. The van der Waals surface area contributed by atoms with Gasteiger partial charge >= 0.3 is 0 Å². The molecule has 0 aromatic heterocycles. The molecule has 0 aliphatic carbocycles. The van der Waals surface area contributed by atoms with Crippen molar-refractivity contribution in [1.82, 2.24) is 0 Å². The highest BCUT2D eigenvalue weighted by molar-refractivity contribution is 5.44. The van der Waals surface area contributed by atoms with E-state index in [9.17, 15) is 4.39 Å². The third-order valence-electron chi connectivity index (χ3n) is 3.59. The summed E-state index contributed by atoms with van der Waals surface area (Å²) in [4.78, 5) is 0. The number of halogens is 1. The minimum absolute atomic E-state index is 0.255. The lowest BCUT2D eigenvalue weighted by molar-refractivity contribution is 0.578. The first-order chi connectivity index (χ1) is 8.43. The third-order valence-corrected chi connectivity index (χ3v) is 3.59. The number of hydrogen-bond donors (Lipinski definition) is 1. The topological polar surface area (TPSA) is 26.0 Å². The normalized spacial score (nSPS) is 14.3. The second kappa shape index (κ2) is 4.54. The molecule has 0 saturated carbocycles. The molecule has 2 aromatic carbocycles. The Hall–Kier alpha value is -1.67. The average molecular weight is 243 g/mol. The smallest absolute Gasteiger partial charge is 0.123 e. The third kappa shape index (κ3) is 2.16. The Balaban J connectivity index is 2.57. The molecule has 0 saturated heterocycles. The molecule has 0 spiro atoms. The zero-order chi connectivity index (χ0) is 13.3. The van der Waals surface area contributed by atoms with E-state index in [0.29, 0.717) is 0 Å². The summed E-state index contributed by atoms with van der Waals surface area (Å²) in [7, 11) is 0. The molecule has 0 heterocycles. The molecule has 94 valence electrons. The van der Waals surface area contributed by atoms with E-state index in [-0.39, 0.29) is 5.82 Å². The van der Waals surface area contributed by atoms with Gasteiger partial charge in [-0.05, 0) is 55.2 Å². The average Bonchev–Trinajstić information content (AvgIpc) is 2.32. The van der Waals surface area contributed by atoms with E-state index in [2.05, 4.69) is 19.9 Å². The van der Waals surface area contributed by atoms with Crippen molar-refractivity contribution in [1.29, 1.82) is 0 Å². The van der Waals surface area contributed by atoms with Gasteiger partial charge in [-0.3, -0.25) is 0 Å². The second-order valence-electron chi connectivity index (χ2n) is 4.96. The van der Waals surface area contributed by atoms with Gasteiger partial charge in [0.05, 0.1) is 5.54 Å². The molecule has 0 fully saturated rings. The lowest BCUT2D eigenvalue weighted by Crippen LogP contribution is -2.35. The summed E-state index contributed by atoms with van der Waals surface area (Å²) < 4.78 is 13.3. The maximum atomic E-state index is 13.3. The highest BCUT2D eigenvalue weighted by Crippen LogP contribution is 2.30. The number of nitrogens with two attached hydrogens (primary N) is 1. The molecule has 1 nitrogen and oxygen atoms in total. The van der Waals surface area contributed by atoms with Crippen molar-refractivity contribution < 1.29 is 4.39 Å². The molecule has 0 aliphatic heterocycles. The molecule has 0 bridgehead atoms. The molecule has 18 heavy (non-hydrogen) atoms. The van der Waals surface area contributed by atoms with Gasteiger partial charge in [0.15, 0.2) is 0 Å². The van der Waals surface area contributed by atoms with Crippen LogP contribution in [-0.4, -0.2) is 0 Å². The minimum atomic E-state index is -0.682. The highest BCUT2D eigenvalue weighted by Gasteiger charge is 2.26. The fourth-order valence-electron chi connectivity index (χ4n) is 2.28. The second-order valence-corrected chi connectivity index (χ2v) is 4.96. The first-order valence-corrected chi connectivity index (χ1v) is 6.04. The van der Waals surface area contributed by atoms with Gasteiger partial charge in [-0.25, -0.2) is 4.39 Å². The standard InChI is InChI=1S/C16H18FN/c1-11-6-4-9-15(12(11)2)16(3,18)13-7-5-8-14(17)10-13/h4-10H,18H2,1-3H3. The van der Waals surface area contributed by atoms with Crippen LogP contribution in [0.5, 0.6) is 0 Å². The predicted octanol–water partition coefficient (Wildman–Crippen LogP) is 3.66. The summed E-state index contributed by atoms with van der Waals surface area (Å²) in [6.45, 7) is 6.03. The quantitative estimate of drug-likeness (QED) is 0.855. The van der Waals surface area contributed by atoms with Gasteiger partial charge in [-0.15, -0.1) is 0 Å². The summed E-state index contributed by atoms with van der Waals surface area (Å²) in [5.41, 5.74) is 9.93. The van der Waals surface area contributed by atoms with Crippen molar-refractivity contribution in [3.63, 3.8) is 0 Å². The van der Waals surface area contributed by atoms with Crippen molar-refractivity contribution in [3.8, 4) is 0 Å². The van der Waals surface area contributed by atoms with E-state index in [0.717, 1.165) is 16.7 Å². The molecule has 0 aliphatic rings. The van der Waals surface area contributed by atoms with Crippen LogP contribution in [0.2, 0.25) is 0 Å². The number of hydrogen-bond acceptors (Lipinski definition) is 1. The first-order valence-electron chi connectivity index (χ1n) is 6.04. The van der Waals surface area contributed by atoms with Crippen molar-refractivity contribution in [2.75, 3.05) is 0 Å². The number of rotatable bonds is 2. The Morgan fingerprint density at radius 2 is 1.72 bits per heavy atom. The SMILES string of the molecule is Cc1cccc(C(C)(N)c2cccc(F)c2)c1C. The van der Waals surface area contributed by atoms with E-state index in [1.165, 1.54) is 17.7 Å². The summed E-state index contributed by atoms with van der Waals surface area (Å²) in [6, 6.07) is 12.5. The Labute approximate surface area is 107 Å². The molecular weight excluding hydrogens is 225 g/mol. The zero-order valence-electron chi connectivity index (χ0n) is 11.0. The lowest BCUT2D eigenvalue weighted by atomic mass is 9.82. The fraction of sp³-hybridized carbons (Fsp3) is 0.250. The Kier molecular flexibility index (Phi) is 3.22. The maximum Gasteiger partial charge on any atom is 0.123 e. The van der Waals surface area contributed by atoms with Crippen LogP contribution in [0, 0.1) is 19.7 Å². The Morgan fingerprint density at radius 3 is 2.39 bits per heavy atom. The van der Waals surface area contributed by atoms with Crippen molar-refractivity contribution >= 4 is 0 Å². The molecule has 1 unspecified atom stereocenters. The highest BCUT2D eigenvalue weighted by atomic mass is 19.1. The van der Waals surface area contributed by atoms with Crippen LogP contribution in [-0.2, 0) is 5.54 Å². The minimum Gasteiger partial charge on any atom is -0.318 e.